The summed E-state index contributed by atoms with van der Waals surface area (Å²) in [4.78, 5) is 28.6. The molecule has 7 heteroatoms. The number of carbonyl (C=O) groups is 2. The molecule has 0 bridgehead atoms. The van der Waals surface area contributed by atoms with Gasteiger partial charge < -0.3 is 9.47 Å². The van der Waals surface area contributed by atoms with Gasteiger partial charge in [-0.05, 0) is 48.0 Å². The van der Waals surface area contributed by atoms with Crippen molar-refractivity contribution >= 4 is 41.0 Å². The molecule has 3 aromatic rings. The van der Waals surface area contributed by atoms with Gasteiger partial charge in [0.25, 0.3) is 0 Å². The fourth-order valence-corrected chi connectivity index (χ4v) is 3.10. The van der Waals surface area contributed by atoms with Crippen molar-refractivity contribution in [1.29, 1.82) is 0 Å². The Morgan fingerprint density at radius 3 is 2.71 bits per heavy atom. The summed E-state index contributed by atoms with van der Waals surface area (Å²) in [6, 6.07) is 12.8. The van der Waals surface area contributed by atoms with E-state index in [9.17, 15) is 9.59 Å². The SMILES string of the molecule is O=C(Oc1ccc2c(c1)O/C(=C\c1ccc(Cl)cc1Cl)C2=O)c1cccnc1. The molecule has 1 aliphatic heterocycles. The van der Waals surface area contributed by atoms with E-state index in [0.717, 1.165) is 0 Å². The largest absolute Gasteiger partial charge is 0.452 e. The van der Waals surface area contributed by atoms with E-state index in [0.29, 0.717) is 32.5 Å². The maximum Gasteiger partial charge on any atom is 0.345 e. The highest BCUT2D eigenvalue weighted by Gasteiger charge is 2.28. The summed E-state index contributed by atoms with van der Waals surface area (Å²) >= 11 is 12.0. The quantitative estimate of drug-likeness (QED) is 0.335. The second kappa shape index (κ2) is 7.46. The molecule has 0 fully saturated rings. The number of esters is 1. The fraction of sp³-hybridized carbons (Fsp3) is 0. The van der Waals surface area contributed by atoms with Crippen LogP contribution in [-0.4, -0.2) is 16.7 Å². The van der Waals surface area contributed by atoms with Gasteiger partial charge in [0, 0.05) is 28.5 Å². The second-order valence-corrected chi connectivity index (χ2v) is 6.74. The standard InChI is InChI=1S/C21H11Cl2NO4/c22-14-4-3-12(17(23)9-14)8-19-20(25)16-6-5-15(10-18(16)28-19)27-21(26)13-2-1-7-24-11-13/h1-11H/b19-8-. The number of halogens is 2. The first-order valence-electron chi connectivity index (χ1n) is 8.17. The van der Waals surface area contributed by atoms with Gasteiger partial charge in [-0.3, -0.25) is 9.78 Å². The molecule has 0 atom stereocenters. The van der Waals surface area contributed by atoms with Crippen LogP contribution in [0.1, 0.15) is 26.3 Å². The third-order valence-corrected chi connectivity index (χ3v) is 4.56. The minimum Gasteiger partial charge on any atom is -0.452 e. The number of hydrogen-bond donors (Lipinski definition) is 0. The van der Waals surface area contributed by atoms with Crippen LogP contribution in [0.2, 0.25) is 10.0 Å². The number of hydrogen-bond acceptors (Lipinski definition) is 5. The Labute approximate surface area is 170 Å². The number of carbonyl (C=O) groups excluding carboxylic acids is 2. The van der Waals surface area contributed by atoms with Crippen LogP contribution >= 0.6 is 23.2 Å². The number of ether oxygens (including phenoxy) is 2. The predicted octanol–water partition coefficient (Wildman–Crippen LogP) is 5.22. The van der Waals surface area contributed by atoms with E-state index in [1.165, 1.54) is 18.3 Å². The molecule has 2 heterocycles. The summed E-state index contributed by atoms with van der Waals surface area (Å²) in [5.41, 5.74) is 1.29. The summed E-state index contributed by atoms with van der Waals surface area (Å²) in [5.74, 6) is -0.161. The van der Waals surface area contributed by atoms with Crippen molar-refractivity contribution in [2.24, 2.45) is 0 Å². The van der Waals surface area contributed by atoms with Crippen molar-refractivity contribution < 1.29 is 19.1 Å². The van der Waals surface area contributed by atoms with E-state index in [4.69, 9.17) is 32.7 Å². The van der Waals surface area contributed by atoms with Crippen molar-refractivity contribution in [3.8, 4) is 11.5 Å². The van der Waals surface area contributed by atoms with E-state index < -0.39 is 5.97 Å². The van der Waals surface area contributed by atoms with Gasteiger partial charge in [0.2, 0.25) is 5.78 Å². The average Bonchev–Trinajstić information content (AvgIpc) is 2.99. The molecule has 2 aromatic carbocycles. The van der Waals surface area contributed by atoms with Crippen molar-refractivity contribution in [3.63, 3.8) is 0 Å². The van der Waals surface area contributed by atoms with Crippen molar-refractivity contribution in [3.05, 3.63) is 93.4 Å². The first-order valence-corrected chi connectivity index (χ1v) is 8.92. The number of nitrogens with zero attached hydrogens (tertiary/aromatic N) is 1. The monoisotopic (exact) mass is 411 g/mol. The molecule has 28 heavy (non-hydrogen) atoms. The second-order valence-electron chi connectivity index (χ2n) is 5.89. The smallest absolute Gasteiger partial charge is 0.345 e. The third-order valence-electron chi connectivity index (χ3n) is 4.00. The highest BCUT2D eigenvalue weighted by molar-refractivity contribution is 6.35. The van der Waals surface area contributed by atoms with Crippen molar-refractivity contribution in [2.75, 3.05) is 0 Å². The van der Waals surface area contributed by atoms with Crippen LogP contribution in [0.3, 0.4) is 0 Å². The first-order chi connectivity index (χ1) is 13.5. The number of rotatable bonds is 3. The van der Waals surface area contributed by atoms with Gasteiger partial charge in [-0.1, -0.05) is 29.3 Å². The topological polar surface area (TPSA) is 65.5 Å². The summed E-state index contributed by atoms with van der Waals surface area (Å²) < 4.78 is 11.0. The lowest BCUT2D eigenvalue weighted by Gasteiger charge is -2.05. The lowest BCUT2D eigenvalue weighted by atomic mass is 10.1. The summed E-state index contributed by atoms with van der Waals surface area (Å²) in [7, 11) is 0. The Morgan fingerprint density at radius 1 is 1.11 bits per heavy atom. The van der Waals surface area contributed by atoms with Crippen LogP contribution in [0.15, 0.2) is 66.7 Å². The molecule has 0 unspecified atom stereocenters. The Bertz CT molecular complexity index is 1130. The Hall–Kier alpha value is -3.15. The highest BCUT2D eigenvalue weighted by atomic mass is 35.5. The van der Waals surface area contributed by atoms with Crippen molar-refractivity contribution in [2.45, 2.75) is 0 Å². The van der Waals surface area contributed by atoms with Crippen LogP contribution < -0.4 is 9.47 Å². The summed E-state index contributed by atoms with van der Waals surface area (Å²) in [6.07, 6.45) is 4.52. The molecule has 0 amide bonds. The highest BCUT2D eigenvalue weighted by Crippen LogP contribution is 2.36. The number of ketones is 1. The van der Waals surface area contributed by atoms with Crippen LogP contribution in [0.5, 0.6) is 11.5 Å². The number of allylic oxidation sites excluding steroid dienone is 1. The number of pyridine rings is 1. The Kier molecular flexibility index (Phi) is 4.86. The molecular formula is C21H11Cl2NO4. The predicted molar refractivity (Wildman–Crippen MR) is 105 cm³/mol. The molecule has 4 rings (SSSR count). The van der Waals surface area contributed by atoms with E-state index in [-0.39, 0.29) is 17.3 Å². The fourth-order valence-electron chi connectivity index (χ4n) is 2.64. The molecule has 0 aliphatic carbocycles. The molecule has 1 aliphatic rings. The van der Waals surface area contributed by atoms with E-state index in [1.54, 1.807) is 48.7 Å². The number of Topliss-reactive ketones (excluding diaryl/α,β-unsaturated/α-hetero) is 1. The van der Waals surface area contributed by atoms with Gasteiger partial charge in [0.05, 0.1) is 11.1 Å². The average molecular weight is 412 g/mol. The van der Waals surface area contributed by atoms with Gasteiger partial charge in [0.1, 0.15) is 11.5 Å². The number of benzene rings is 2. The van der Waals surface area contributed by atoms with Crippen molar-refractivity contribution in [1.82, 2.24) is 4.98 Å². The summed E-state index contributed by atoms with van der Waals surface area (Å²) in [6.45, 7) is 0. The molecule has 0 saturated carbocycles. The zero-order chi connectivity index (χ0) is 19.7. The third kappa shape index (κ3) is 3.63. The number of fused-ring (bicyclic) bond motifs is 1. The van der Waals surface area contributed by atoms with Crippen LogP contribution in [0.4, 0.5) is 0 Å². The zero-order valence-electron chi connectivity index (χ0n) is 14.2. The minimum atomic E-state index is -0.555. The molecular weight excluding hydrogens is 401 g/mol. The van der Waals surface area contributed by atoms with Gasteiger partial charge in [-0.25, -0.2) is 4.79 Å². The maximum absolute atomic E-state index is 12.6. The molecule has 5 nitrogen and oxygen atoms in total. The number of aromatic nitrogens is 1. The molecule has 0 radical (unpaired) electrons. The Balaban J connectivity index is 1.57. The lowest BCUT2D eigenvalue weighted by Crippen LogP contribution is -2.08. The van der Waals surface area contributed by atoms with Gasteiger partial charge in [-0.2, -0.15) is 0 Å². The minimum absolute atomic E-state index is 0.120. The van der Waals surface area contributed by atoms with E-state index in [1.807, 2.05) is 0 Å². The molecule has 0 N–H and O–H groups in total. The van der Waals surface area contributed by atoms with Gasteiger partial charge in [-0.15, -0.1) is 0 Å². The van der Waals surface area contributed by atoms with Gasteiger partial charge >= 0.3 is 5.97 Å². The van der Waals surface area contributed by atoms with E-state index >= 15 is 0 Å². The van der Waals surface area contributed by atoms with Crippen LogP contribution in [-0.2, 0) is 0 Å². The summed E-state index contributed by atoms with van der Waals surface area (Å²) in [5, 5.41) is 0.896. The molecule has 0 saturated heterocycles. The first kappa shape index (κ1) is 18.2. The molecule has 0 spiro atoms. The molecule has 138 valence electrons. The van der Waals surface area contributed by atoms with Crippen LogP contribution in [0, 0.1) is 0 Å². The maximum atomic E-state index is 12.6. The van der Waals surface area contributed by atoms with Gasteiger partial charge in [0.15, 0.2) is 5.76 Å². The molecule has 1 aromatic heterocycles. The zero-order valence-corrected chi connectivity index (χ0v) is 15.7. The van der Waals surface area contributed by atoms with E-state index in [2.05, 4.69) is 4.98 Å². The Morgan fingerprint density at radius 2 is 1.96 bits per heavy atom. The van der Waals surface area contributed by atoms with Crippen LogP contribution in [0.25, 0.3) is 6.08 Å². The normalized spacial score (nSPS) is 13.9. The lowest BCUT2D eigenvalue weighted by molar-refractivity contribution is 0.0734.